The highest BCUT2D eigenvalue weighted by atomic mass is 16.5. The third-order valence-corrected chi connectivity index (χ3v) is 3.49. The van der Waals surface area contributed by atoms with Gasteiger partial charge in [0, 0.05) is 17.3 Å². The first-order valence-corrected chi connectivity index (χ1v) is 7.97. The number of rotatable bonds is 7. The van der Waals surface area contributed by atoms with Crippen molar-refractivity contribution >= 4 is 17.7 Å². The molecule has 120 valence electrons. The minimum Gasteiger partial charge on any atom is -0.493 e. The highest BCUT2D eigenvalue weighted by Crippen LogP contribution is 2.20. The number of carbonyl (C=O) groups is 1. The van der Waals surface area contributed by atoms with Crippen LogP contribution in [0.5, 0.6) is 5.75 Å². The van der Waals surface area contributed by atoms with Crippen molar-refractivity contribution in [1.82, 2.24) is 0 Å². The molecule has 0 bridgehead atoms. The Labute approximate surface area is 138 Å². The van der Waals surface area contributed by atoms with E-state index < -0.39 is 0 Å². The van der Waals surface area contributed by atoms with Crippen LogP contribution in [0.1, 0.15) is 30.9 Å². The van der Waals surface area contributed by atoms with E-state index in [1.165, 1.54) is 6.08 Å². The van der Waals surface area contributed by atoms with Gasteiger partial charge in [-0.15, -0.1) is 0 Å². The van der Waals surface area contributed by atoms with Crippen LogP contribution in [0.4, 0.5) is 5.69 Å². The standard InChI is InChI=1S/C20H23NO2/c1-3-4-15-23-19-12-8-6-10-17(19)13-14-20(22)21-18-11-7-5-9-16(18)2/h5-14H,3-4,15H2,1-2H3,(H,21,22). The summed E-state index contributed by atoms with van der Waals surface area (Å²) in [6, 6.07) is 15.5. The average Bonchev–Trinajstić information content (AvgIpc) is 2.56. The number of anilines is 1. The number of para-hydroxylation sites is 2. The lowest BCUT2D eigenvalue weighted by Crippen LogP contribution is -2.08. The molecule has 0 aromatic heterocycles. The molecule has 0 spiro atoms. The molecular formula is C20H23NO2. The summed E-state index contributed by atoms with van der Waals surface area (Å²) in [5.74, 6) is 0.656. The van der Waals surface area contributed by atoms with Gasteiger partial charge >= 0.3 is 0 Å². The van der Waals surface area contributed by atoms with Crippen LogP contribution in [0.25, 0.3) is 6.08 Å². The van der Waals surface area contributed by atoms with Crippen LogP contribution in [0.2, 0.25) is 0 Å². The van der Waals surface area contributed by atoms with Crippen LogP contribution in [0, 0.1) is 6.92 Å². The fourth-order valence-electron chi connectivity index (χ4n) is 2.13. The van der Waals surface area contributed by atoms with Crippen molar-refractivity contribution < 1.29 is 9.53 Å². The van der Waals surface area contributed by atoms with Crippen molar-refractivity contribution in [2.45, 2.75) is 26.7 Å². The number of unbranched alkanes of at least 4 members (excludes halogenated alkanes) is 1. The molecule has 3 nitrogen and oxygen atoms in total. The molecule has 0 aliphatic carbocycles. The number of benzene rings is 2. The third kappa shape index (κ3) is 5.29. The maximum absolute atomic E-state index is 12.1. The second-order valence-corrected chi connectivity index (χ2v) is 5.38. The predicted molar refractivity (Wildman–Crippen MR) is 95.7 cm³/mol. The fraction of sp³-hybridized carbons (Fsp3) is 0.250. The molecule has 0 radical (unpaired) electrons. The van der Waals surface area contributed by atoms with Gasteiger partial charge in [0.05, 0.1) is 6.61 Å². The fourth-order valence-corrected chi connectivity index (χ4v) is 2.13. The topological polar surface area (TPSA) is 38.3 Å². The maximum Gasteiger partial charge on any atom is 0.248 e. The van der Waals surface area contributed by atoms with Crippen molar-refractivity contribution in [3.8, 4) is 5.75 Å². The first kappa shape index (κ1) is 16.8. The van der Waals surface area contributed by atoms with Crippen LogP contribution in [0.3, 0.4) is 0 Å². The van der Waals surface area contributed by atoms with E-state index in [4.69, 9.17) is 4.74 Å². The molecule has 0 atom stereocenters. The van der Waals surface area contributed by atoms with Crippen molar-refractivity contribution in [3.05, 3.63) is 65.7 Å². The summed E-state index contributed by atoms with van der Waals surface area (Å²) in [7, 11) is 0. The third-order valence-electron chi connectivity index (χ3n) is 3.49. The van der Waals surface area contributed by atoms with Crippen molar-refractivity contribution in [2.75, 3.05) is 11.9 Å². The normalized spacial score (nSPS) is 10.7. The monoisotopic (exact) mass is 309 g/mol. The Kier molecular flexibility index (Phi) is 6.42. The predicted octanol–water partition coefficient (Wildman–Crippen LogP) is 4.83. The molecule has 1 amide bonds. The maximum atomic E-state index is 12.1. The smallest absolute Gasteiger partial charge is 0.248 e. The number of aryl methyl sites for hydroxylation is 1. The molecule has 0 saturated carbocycles. The minimum absolute atomic E-state index is 0.150. The Morgan fingerprint density at radius 1 is 1.13 bits per heavy atom. The van der Waals surface area contributed by atoms with Crippen LogP contribution < -0.4 is 10.1 Å². The average molecular weight is 309 g/mol. The van der Waals surface area contributed by atoms with E-state index >= 15 is 0 Å². The number of amides is 1. The van der Waals surface area contributed by atoms with Gasteiger partial charge in [-0.05, 0) is 37.1 Å². The number of ether oxygens (including phenoxy) is 1. The number of nitrogens with one attached hydrogen (secondary N) is 1. The zero-order valence-electron chi connectivity index (χ0n) is 13.7. The summed E-state index contributed by atoms with van der Waals surface area (Å²) < 4.78 is 5.76. The zero-order chi connectivity index (χ0) is 16.5. The van der Waals surface area contributed by atoms with E-state index in [-0.39, 0.29) is 5.91 Å². The first-order chi connectivity index (χ1) is 11.2. The molecule has 0 unspecified atom stereocenters. The van der Waals surface area contributed by atoms with Crippen molar-refractivity contribution in [1.29, 1.82) is 0 Å². The van der Waals surface area contributed by atoms with Gasteiger partial charge in [-0.3, -0.25) is 4.79 Å². The summed E-state index contributed by atoms with van der Waals surface area (Å²) in [5.41, 5.74) is 2.77. The Morgan fingerprint density at radius 2 is 1.87 bits per heavy atom. The molecule has 2 aromatic rings. The highest BCUT2D eigenvalue weighted by molar-refractivity contribution is 6.02. The Hall–Kier alpha value is -2.55. The van der Waals surface area contributed by atoms with Gasteiger partial charge in [0.2, 0.25) is 5.91 Å². The second kappa shape index (κ2) is 8.79. The van der Waals surface area contributed by atoms with Gasteiger partial charge in [-0.2, -0.15) is 0 Å². The van der Waals surface area contributed by atoms with Crippen LogP contribution >= 0.6 is 0 Å². The second-order valence-electron chi connectivity index (χ2n) is 5.38. The first-order valence-electron chi connectivity index (χ1n) is 7.97. The molecule has 0 saturated heterocycles. The van der Waals surface area contributed by atoms with Gasteiger partial charge in [0.25, 0.3) is 0 Å². The molecule has 0 fully saturated rings. The van der Waals surface area contributed by atoms with E-state index in [0.717, 1.165) is 35.4 Å². The van der Waals surface area contributed by atoms with E-state index in [1.807, 2.05) is 55.5 Å². The summed E-state index contributed by atoms with van der Waals surface area (Å²) in [4.78, 5) is 12.1. The quantitative estimate of drug-likeness (QED) is 0.588. The number of carbonyl (C=O) groups excluding carboxylic acids is 1. The van der Waals surface area contributed by atoms with E-state index in [9.17, 15) is 4.79 Å². The molecule has 0 aliphatic heterocycles. The zero-order valence-corrected chi connectivity index (χ0v) is 13.7. The summed E-state index contributed by atoms with van der Waals surface area (Å²) in [6.07, 6.45) is 5.44. The summed E-state index contributed by atoms with van der Waals surface area (Å²) in [5, 5.41) is 2.89. The molecule has 0 aliphatic rings. The van der Waals surface area contributed by atoms with Gasteiger partial charge in [0.15, 0.2) is 0 Å². The Morgan fingerprint density at radius 3 is 2.65 bits per heavy atom. The molecule has 3 heteroatoms. The van der Waals surface area contributed by atoms with Gasteiger partial charge < -0.3 is 10.1 Å². The van der Waals surface area contributed by atoms with E-state index in [2.05, 4.69) is 12.2 Å². The summed E-state index contributed by atoms with van der Waals surface area (Å²) >= 11 is 0. The van der Waals surface area contributed by atoms with Gasteiger partial charge in [-0.1, -0.05) is 49.7 Å². The molecular weight excluding hydrogens is 286 g/mol. The van der Waals surface area contributed by atoms with Crippen molar-refractivity contribution in [3.63, 3.8) is 0 Å². The summed E-state index contributed by atoms with van der Waals surface area (Å²) in [6.45, 7) is 4.79. The molecule has 1 N–H and O–H groups in total. The minimum atomic E-state index is -0.150. The van der Waals surface area contributed by atoms with Crippen molar-refractivity contribution in [2.24, 2.45) is 0 Å². The molecule has 2 aromatic carbocycles. The Balaban J connectivity index is 2.02. The van der Waals surface area contributed by atoms with E-state index in [0.29, 0.717) is 6.61 Å². The SMILES string of the molecule is CCCCOc1ccccc1C=CC(=O)Nc1ccccc1C. The van der Waals surface area contributed by atoms with Crippen LogP contribution in [-0.4, -0.2) is 12.5 Å². The molecule has 23 heavy (non-hydrogen) atoms. The van der Waals surface area contributed by atoms with Crippen LogP contribution in [-0.2, 0) is 4.79 Å². The largest absolute Gasteiger partial charge is 0.493 e. The van der Waals surface area contributed by atoms with Gasteiger partial charge in [0.1, 0.15) is 5.75 Å². The molecule has 0 heterocycles. The highest BCUT2D eigenvalue weighted by Gasteiger charge is 2.03. The number of hydrogen-bond acceptors (Lipinski definition) is 2. The number of hydrogen-bond donors (Lipinski definition) is 1. The lowest BCUT2D eigenvalue weighted by atomic mass is 10.1. The van der Waals surface area contributed by atoms with Crippen LogP contribution in [0.15, 0.2) is 54.6 Å². The Bertz CT molecular complexity index is 677. The lowest BCUT2D eigenvalue weighted by Gasteiger charge is -2.08. The lowest BCUT2D eigenvalue weighted by molar-refractivity contribution is -0.111. The molecule has 2 rings (SSSR count). The van der Waals surface area contributed by atoms with E-state index in [1.54, 1.807) is 6.08 Å². The van der Waals surface area contributed by atoms with Gasteiger partial charge in [-0.25, -0.2) is 0 Å².